The van der Waals surface area contributed by atoms with Crippen molar-refractivity contribution >= 4 is 29.2 Å². The fraction of sp³-hybridized carbons (Fsp3) is 0.333. The van der Waals surface area contributed by atoms with E-state index in [1.165, 1.54) is 19.1 Å². The highest BCUT2D eigenvalue weighted by atomic mass is 32.2. The fourth-order valence-electron chi connectivity index (χ4n) is 2.02. The van der Waals surface area contributed by atoms with Gasteiger partial charge in [0, 0.05) is 24.7 Å². The number of benzene rings is 1. The van der Waals surface area contributed by atoms with Crippen molar-refractivity contribution in [3.8, 4) is 11.4 Å². The van der Waals surface area contributed by atoms with Crippen LogP contribution in [-0.4, -0.2) is 43.3 Å². The van der Waals surface area contributed by atoms with E-state index >= 15 is 0 Å². The molecular formula is C15H16N4O5S. The van der Waals surface area contributed by atoms with Gasteiger partial charge in [0.05, 0.1) is 11.5 Å². The van der Waals surface area contributed by atoms with E-state index in [1.54, 1.807) is 30.7 Å². The summed E-state index contributed by atoms with van der Waals surface area (Å²) in [6.45, 7) is 3.15. The third-order valence-electron chi connectivity index (χ3n) is 3.26. The van der Waals surface area contributed by atoms with Crippen LogP contribution in [0.15, 0.2) is 29.4 Å². The number of ketones is 1. The summed E-state index contributed by atoms with van der Waals surface area (Å²) >= 11 is 0.952. The summed E-state index contributed by atoms with van der Waals surface area (Å²) in [5.74, 6) is -0.508. The number of esters is 1. The number of nitro benzene ring substituents is 1. The van der Waals surface area contributed by atoms with E-state index in [0.29, 0.717) is 16.5 Å². The van der Waals surface area contributed by atoms with Crippen molar-refractivity contribution in [2.24, 2.45) is 7.05 Å². The van der Waals surface area contributed by atoms with E-state index in [1.807, 2.05) is 0 Å². The predicted molar refractivity (Wildman–Crippen MR) is 90.1 cm³/mol. The van der Waals surface area contributed by atoms with Gasteiger partial charge >= 0.3 is 5.97 Å². The first-order chi connectivity index (χ1) is 11.8. The van der Waals surface area contributed by atoms with Crippen LogP contribution in [0.25, 0.3) is 11.4 Å². The largest absolute Gasteiger partial charge is 0.465 e. The molecule has 0 N–H and O–H groups in total. The van der Waals surface area contributed by atoms with Crippen LogP contribution in [0.1, 0.15) is 13.8 Å². The molecule has 10 heteroatoms. The van der Waals surface area contributed by atoms with Crippen LogP contribution < -0.4 is 0 Å². The van der Waals surface area contributed by atoms with Crippen molar-refractivity contribution in [2.45, 2.75) is 24.3 Å². The van der Waals surface area contributed by atoms with Gasteiger partial charge in [0.2, 0.25) is 0 Å². The Balaban J connectivity index is 2.26. The molecule has 2 rings (SSSR count). The van der Waals surface area contributed by atoms with Gasteiger partial charge in [-0.2, -0.15) is 0 Å². The van der Waals surface area contributed by atoms with E-state index < -0.39 is 16.1 Å². The summed E-state index contributed by atoms with van der Waals surface area (Å²) in [6.07, 6.45) is 0. The molecule has 0 radical (unpaired) electrons. The Bertz CT molecular complexity index is 803. The number of aromatic nitrogens is 3. The molecule has 0 aliphatic heterocycles. The molecule has 1 aromatic carbocycles. The maximum Gasteiger partial charge on any atom is 0.327 e. The van der Waals surface area contributed by atoms with Crippen molar-refractivity contribution in [3.05, 3.63) is 34.4 Å². The molecule has 0 saturated carbocycles. The average Bonchev–Trinajstić information content (AvgIpc) is 2.93. The molecule has 1 aromatic heterocycles. The molecule has 0 fully saturated rings. The minimum Gasteiger partial charge on any atom is -0.465 e. The van der Waals surface area contributed by atoms with Crippen LogP contribution in [0.5, 0.6) is 0 Å². The van der Waals surface area contributed by atoms with Gasteiger partial charge in [-0.05, 0) is 26.0 Å². The number of nitro groups is 1. The first-order valence-corrected chi connectivity index (χ1v) is 8.21. The maximum absolute atomic E-state index is 11.9. The van der Waals surface area contributed by atoms with Gasteiger partial charge in [-0.1, -0.05) is 11.8 Å². The number of carbonyl (C=O) groups excluding carboxylic acids is 2. The third-order valence-corrected chi connectivity index (χ3v) is 4.59. The fourth-order valence-corrected chi connectivity index (χ4v) is 2.90. The zero-order chi connectivity index (χ0) is 18.6. The van der Waals surface area contributed by atoms with Crippen LogP contribution in [0.2, 0.25) is 0 Å². The maximum atomic E-state index is 11.9. The SMILES string of the molecule is CCOC(=O)C(Sc1nnc(-c2ccc([N+](=O)[O-])cc2)n1C)C(C)=O. The van der Waals surface area contributed by atoms with Gasteiger partial charge in [0.15, 0.2) is 22.0 Å². The number of ether oxygens (including phenoxy) is 1. The summed E-state index contributed by atoms with van der Waals surface area (Å²) in [6, 6.07) is 5.86. The molecule has 1 heterocycles. The summed E-state index contributed by atoms with van der Waals surface area (Å²) in [5.41, 5.74) is 0.599. The Kier molecular flexibility index (Phi) is 5.86. The van der Waals surface area contributed by atoms with Crippen LogP contribution in [0, 0.1) is 10.1 Å². The molecule has 1 unspecified atom stereocenters. The number of non-ortho nitro benzene ring substituents is 1. The highest BCUT2D eigenvalue weighted by Crippen LogP contribution is 2.27. The molecule has 0 bridgehead atoms. The standard InChI is InChI=1S/C15H16N4O5S/c1-4-24-14(21)12(9(2)20)25-15-17-16-13(18(15)3)10-5-7-11(8-6-10)19(22)23/h5-8,12H,4H2,1-3H3. The Hall–Kier alpha value is -2.75. The predicted octanol–water partition coefficient (Wildman–Crippen LogP) is 2.00. The molecule has 132 valence electrons. The van der Waals surface area contributed by atoms with Crippen LogP contribution >= 0.6 is 11.8 Å². The molecule has 2 aromatic rings. The zero-order valence-corrected chi connectivity index (χ0v) is 14.6. The number of carbonyl (C=O) groups is 2. The number of nitrogens with zero attached hydrogens (tertiary/aromatic N) is 4. The number of rotatable bonds is 7. The van der Waals surface area contributed by atoms with Gasteiger partial charge in [0.1, 0.15) is 0 Å². The second kappa shape index (κ2) is 7.88. The van der Waals surface area contributed by atoms with E-state index in [2.05, 4.69) is 10.2 Å². The molecule has 0 aliphatic carbocycles. The highest BCUT2D eigenvalue weighted by molar-refractivity contribution is 8.01. The van der Waals surface area contributed by atoms with Crippen LogP contribution in [0.3, 0.4) is 0 Å². The van der Waals surface area contributed by atoms with Gasteiger partial charge in [-0.25, -0.2) is 0 Å². The van der Waals surface area contributed by atoms with Crippen molar-refractivity contribution in [1.82, 2.24) is 14.8 Å². The Labute approximate surface area is 147 Å². The highest BCUT2D eigenvalue weighted by Gasteiger charge is 2.28. The van der Waals surface area contributed by atoms with Crippen LogP contribution in [0.4, 0.5) is 5.69 Å². The van der Waals surface area contributed by atoms with Gasteiger partial charge in [-0.15, -0.1) is 10.2 Å². The average molecular weight is 364 g/mol. The minimum atomic E-state index is -1.02. The summed E-state index contributed by atoms with van der Waals surface area (Å²) < 4.78 is 6.51. The molecule has 0 saturated heterocycles. The topological polar surface area (TPSA) is 117 Å². The lowest BCUT2D eigenvalue weighted by Gasteiger charge is -2.11. The molecular weight excluding hydrogens is 348 g/mol. The summed E-state index contributed by atoms with van der Waals surface area (Å²) in [4.78, 5) is 33.8. The quantitative estimate of drug-likeness (QED) is 0.241. The first kappa shape index (κ1) is 18.6. The lowest BCUT2D eigenvalue weighted by Crippen LogP contribution is -2.27. The molecule has 0 spiro atoms. The van der Waals surface area contributed by atoms with Gasteiger partial charge < -0.3 is 9.30 Å². The van der Waals surface area contributed by atoms with E-state index in [0.717, 1.165) is 11.8 Å². The van der Waals surface area contributed by atoms with Gasteiger partial charge in [-0.3, -0.25) is 19.7 Å². The number of hydrogen-bond acceptors (Lipinski definition) is 8. The lowest BCUT2D eigenvalue weighted by atomic mass is 10.2. The van der Waals surface area contributed by atoms with Crippen molar-refractivity contribution in [2.75, 3.05) is 6.61 Å². The number of hydrogen-bond donors (Lipinski definition) is 0. The summed E-state index contributed by atoms with van der Waals surface area (Å²) in [5, 5.41) is 18.1. The smallest absolute Gasteiger partial charge is 0.327 e. The monoisotopic (exact) mass is 364 g/mol. The minimum absolute atomic E-state index is 0.0283. The van der Waals surface area contributed by atoms with E-state index in [4.69, 9.17) is 4.74 Å². The molecule has 25 heavy (non-hydrogen) atoms. The second-order valence-corrected chi connectivity index (χ2v) is 6.10. The Morgan fingerprint density at radius 2 is 1.96 bits per heavy atom. The second-order valence-electron chi connectivity index (χ2n) is 5.03. The molecule has 0 amide bonds. The zero-order valence-electron chi connectivity index (χ0n) is 13.8. The Morgan fingerprint density at radius 3 is 2.48 bits per heavy atom. The summed E-state index contributed by atoms with van der Waals surface area (Å²) in [7, 11) is 1.68. The molecule has 9 nitrogen and oxygen atoms in total. The van der Waals surface area contributed by atoms with Crippen LogP contribution in [-0.2, 0) is 21.4 Å². The first-order valence-electron chi connectivity index (χ1n) is 7.33. The van der Waals surface area contributed by atoms with Crippen molar-refractivity contribution < 1.29 is 19.2 Å². The van der Waals surface area contributed by atoms with E-state index in [-0.39, 0.29) is 18.1 Å². The van der Waals surface area contributed by atoms with Crippen molar-refractivity contribution in [3.63, 3.8) is 0 Å². The third kappa shape index (κ3) is 4.21. The molecule has 0 aliphatic rings. The Morgan fingerprint density at radius 1 is 1.32 bits per heavy atom. The lowest BCUT2D eigenvalue weighted by molar-refractivity contribution is -0.384. The number of Topliss-reactive ketones (excluding diaryl/α,β-unsaturated/α-hetero) is 1. The van der Waals surface area contributed by atoms with Gasteiger partial charge in [0.25, 0.3) is 5.69 Å². The van der Waals surface area contributed by atoms with E-state index in [9.17, 15) is 19.7 Å². The molecule has 1 atom stereocenters. The van der Waals surface area contributed by atoms with Crippen molar-refractivity contribution in [1.29, 1.82) is 0 Å². The number of thioether (sulfide) groups is 1. The normalized spacial score (nSPS) is 11.8.